The third-order valence-corrected chi connectivity index (χ3v) is 3.29. The van der Waals surface area contributed by atoms with Crippen molar-refractivity contribution in [2.24, 2.45) is 5.10 Å². The summed E-state index contributed by atoms with van der Waals surface area (Å²) in [6.07, 6.45) is 1.40. The minimum Gasteiger partial charge on any atom is -0.435 e. The highest BCUT2D eigenvalue weighted by Gasteiger charge is 2.07. The molecule has 22 heavy (non-hydrogen) atoms. The third-order valence-electron chi connectivity index (χ3n) is 2.60. The molecular formula is C15H11BrF2N2O2. The molecule has 0 aliphatic carbocycles. The Bertz CT molecular complexity index is 675. The van der Waals surface area contributed by atoms with E-state index in [0.29, 0.717) is 15.6 Å². The van der Waals surface area contributed by atoms with Crippen molar-refractivity contribution >= 4 is 28.1 Å². The van der Waals surface area contributed by atoms with Crippen LogP contribution < -0.4 is 10.2 Å². The summed E-state index contributed by atoms with van der Waals surface area (Å²) in [5.41, 5.74) is 3.48. The number of benzene rings is 2. The van der Waals surface area contributed by atoms with Gasteiger partial charge in [-0.05, 0) is 57.9 Å². The third kappa shape index (κ3) is 4.63. The summed E-state index contributed by atoms with van der Waals surface area (Å²) in [5, 5.41) is 3.82. The van der Waals surface area contributed by atoms with Gasteiger partial charge in [0, 0.05) is 4.47 Å². The number of alkyl halides is 2. The fraction of sp³-hybridized carbons (Fsp3) is 0.0667. The van der Waals surface area contributed by atoms with Crippen LogP contribution in [0.1, 0.15) is 15.9 Å². The first kappa shape index (κ1) is 16.1. The van der Waals surface area contributed by atoms with E-state index >= 15 is 0 Å². The molecule has 0 saturated carbocycles. The van der Waals surface area contributed by atoms with Gasteiger partial charge in [0.1, 0.15) is 5.75 Å². The molecule has 2 rings (SSSR count). The smallest absolute Gasteiger partial charge is 0.387 e. The molecule has 2 aromatic rings. The number of amides is 1. The van der Waals surface area contributed by atoms with Crippen LogP contribution in [-0.4, -0.2) is 18.7 Å². The Morgan fingerprint density at radius 3 is 2.50 bits per heavy atom. The highest BCUT2D eigenvalue weighted by Crippen LogP contribution is 2.16. The van der Waals surface area contributed by atoms with Gasteiger partial charge in [-0.3, -0.25) is 4.79 Å². The second-order valence-corrected chi connectivity index (χ2v) is 4.98. The Balaban J connectivity index is 1.95. The quantitative estimate of drug-likeness (QED) is 0.644. The summed E-state index contributed by atoms with van der Waals surface area (Å²) in [6, 6.07) is 12.8. The molecule has 0 aliphatic rings. The lowest BCUT2D eigenvalue weighted by Gasteiger charge is -2.04. The number of halogens is 3. The topological polar surface area (TPSA) is 50.7 Å². The minimum absolute atomic E-state index is 0.0596. The van der Waals surface area contributed by atoms with Crippen LogP contribution in [0.2, 0.25) is 0 Å². The number of hydrogen-bond donors (Lipinski definition) is 1. The molecule has 1 amide bonds. The summed E-state index contributed by atoms with van der Waals surface area (Å²) in [5.74, 6) is -0.300. The summed E-state index contributed by atoms with van der Waals surface area (Å²) in [6.45, 7) is -2.86. The van der Waals surface area contributed by atoms with E-state index in [1.807, 2.05) is 0 Å². The van der Waals surface area contributed by atoms with E-state index in [4.69, 9.17) is 0 Å². The van der Waals surface area contributed by atoms with Crippen LogP contribution in [0.5, 0.6) is 5.75 Å². The van der Waals surface area contributed by atoms with E-state index in [1.165, 1.54) is 18.3 Å². The molecule has 0 radical (unpaired) electrons. The molecule has 0 aliphatic heterocycles. The SMILES string of the molecule is O=C(N/N=C\c1ccc(OC(F)F)cc1)c1ccccc1Br. The average molecular weight is 369 g/mol. The lowest BCUT2D eigenvalue weighted by molar-refractivity contribution is -0.0498. The van der Waals surface area contributed by atoms with Gasteiger partial charge in [0.15, 0.2) is 0 Å². The van der Waals surface area contributed by atoms with Crippen molar-refractivity contribution in [3.63, 3.8) is 0 Å². The monoisotopic (exact) mass is 368 g/mol. The normalized spacial score (nSPS) is 10.9. The van der Waals surface area contributed by atoms with Gasteiger partial charge in [0.05, 0.1) is 11.8 Å². The van der Waals surface area contributed by atoms with Crippen LogP contribution in [0.4, 0.5) is 8.78 Å². The maximum atomic E-state index is 12.0. The van der Waals surface area contributed by atoms with Gasteiger partial charge in [-0.2, -0.15) is 13.9 Å². The molecule has 0 unspecified atom stereocenters. The zero-order valence-corrected chi connectivity index (χ0v) is 12.8. The molecule has 0 heterocycles. The highest BCUT2D eigenvalue weighted by molar-refractivity contribution is 9.10. The van der Waals surface area contributed by atoms with E-state index in [9.17, 15) is 13.6 Å². The Labute approximate surface area is 133 Å². The number of hydrogen-bond acceptors (Lipinski definition) is 3. The van der Waals surface area contributed by atoms with Crippen molar-refractivity contribution in [2.45, 2.75) is 6.61 Å². The van der Waals surface area contributed by atoms with Crippen LogP contribution in [0.15, 0.2) is 58.1 Å². The fourth-order valence-corrected chi connectivity index (χ4v) is 2.07. The number of hydrazone groups is 1. The first-order chi connectivity index (χ1) is 10.6. The lowest BCUT2D eigenvalue weighted by atomic mass is 10.2. The van der Waals surface area contributed by atoms with Crippen molar-refractivity contribution in [1.82, 2.24) is 5.43 Å². The summed E-state index contributed by atoms with van der Waals surface area (Å²) >= 11 is 3.27. The maximum Gasteiger partial charge on any atom is 0.387 e. The lowest BCUT2D eigenvalue weighted by Crippen LogP contribution is -2.18. The average Bonchev–Trinajstić information content (AvgIpc) is 2.49. The molecule has 0 fully saturated rings. The number of ether oxygens (including phenoxy) is 1. The molecular weight excluding hydrogens is 358 g/mol. The highest BCUT2D eigenvalue weighted by atomic mass is 79.9. The molecule has 4 nitrogen and oxygen atoms in total. The standard InChI is InChI=1S/C15H11BrF2N2O2/c16-13-4-2-1-3-12(13)14(21)20-19-9-10-5-7-11(8-6-10)22-15(17)18/h1-9,15H,(H,20,21)/b19-9-. The van der Waals surface area contributed by atoms with Crippen LogP contribution in [0, 0.1) is 0 Å². The van der Waals surface area contributed by atoms with E-state index < -0.39 is 6.61 Å². The predicted molar refractivity (Wildman–Crippen MR) is 82.3 cm³/mol. The van der Waals surface area contributed by atoms with Crippen LogP contribution in [-0.2, 0) is 0 Å². The van der Waals surface area contributed by atoms with Gasteiger partial charge in [-0.15, -0.1) is 0 Å². The Morgan fingerprint density at radius 2 is 1.86 bits per heavy atom. The van der Waals surface area contributed by atoms with Gasteiger partial charge >= 0.3 is 6.61 Å². The minimum atomic E-state index is -2.86. The molecule has 114 valence electrons. The maximum absolute atomic E-state index is 12.0. The van der Waals surface area contributed by atoms with E-state index in [-0.39, 0.29) is 11.7 Å². The first-order valence-corrected chi connectivity index (χ1v) is 6.98. The number of carbonyl (C=O) groups is 1. The zero-order chi connectivity index (χ0) is 15.9. The summed E-state index contributed by atoms with van der Waals surface area (Å²) < 4.78 is 28.9. The van der Waals surface area contributed by atoms with Gasteiger partial charge in [0.2, 0.25) is 0 Å². The molecule has 0 spiro atoms. The van der Waals surface area contributed by atoms with E-state index in [0.717, 1.165) is 0 Å². The van der Waals surface area contributed by atoms with Gasteiger partial charge in [-0.25, -0.2) is 5.43 Å². The second-order valence-electron chi connectivity index (χ2n) is 4.13. The largest absolute Gasteiger partial charge is 0.435 e. The second kappa shape index (κ2) is 7.65. The number of carbonyl (C=O) groups excluding carboxylic acids is 1. The molecule has 0 atom stereocenters. The summed E-state index contributed by atoms with van der Waals surface area (Å²) in [4.78, 5) is 11.9. The molecule has 2 aromatic carbocycles. The van der Waals surface area contributed by atoms with E-state index in [1.54, 1.807) is 36.4 Å². The molecule has 7 heteroatoms. The number of rotatable bonds is 5. The first-order valence-electron chi connectivity index (χ1n) is 6.19. The van der Waals surface area contributed by atoms with Crippen molar-refractivity contribution in [1.29, 1.82) is 0 Å². The predicted octanol–water partition coefficient (Wildman–Crippen LogP) is 3.81. The van der Waals surface area contributed by atoms with E-state index in [2.05, 4.69) is 31.2 Å². The van der Waals surface area contributed by atoms with Crippen LogP contribution in [0.3, 0.4) is 0 Å². The van der Waals surface area contributed by atoms with Crippen molar-refractivity contribution in [2.75, 3.05) is 0 Å². The van der Waals surface area contributed by atoms with Gasteiger partial charge in [0.25, 0.3) is 5.91 Å². The molecule has 0 saturated heterocycles. The molecule has 1 N–H and O–H groups in total. The zero-order valence-electron chi connectivity index (χ0n) is 11.2. The Hall–Kier alpha value is -2.28. The van der Waals surface area contributed by atoms with Gasteiger partial charge in [-0.1, -0.05) is 12.1 Å². The van der Waals surface area contributed by atoms with Crippen LogP contribution >= 0.6 is 15.9 Å². The molecule has 0 aromatic heterocycles. The molecule has 0 bridgehead atoms. The van der Waals surface area contributed by atoms with Crippen LogP contribution in [0.25, 0.3) is 0 Å². The van der Waals surface area contributed by atoms with Crippen molar-refractivity contribution in [3.8, 4) is 5.75 Å². The van der Waals surface area contributed by atoms with Crippen molar-refractivity contribution < 1.29 is 18.3 Å². The van der Waals surface area contributed by atoms with Crippen molar-refractivity contribution in [3.05, 3.63) is 64.1 Å². The van der Waals surface area contributed by atoms with Gasteiger partial charge < -0.3 is 4.74 Å². The summed E-state index contributed by atoms with van der Waals surface area (Å²) in [7, 11) is 0. The number of nitrogens with zero attached hydrogens (tertiary/aromatic N) is 1. The Morgan fingerprint density at radius 1 is 1.18 bits per heavy atom. The fourth-order valence-electron chi connectivity index (χ4n) is 1.61. The Kier molecular flexibility index (Phi) is 5.60. The number of nitrogens with one attached hydrogen (secondary N) is 1.